The molecule has 1 saturated heterocycles. The van der Waals surface area contributed by atoms with Crippen LogP contribution in [0.3, 0.4) is 0 Å². The van der Waals surface area contributed by atoms with Gasteiger partial charge in [-0.3, -0.25) is 29.3 Å². The third-order valence-corrected chi connectivity index (χ3v) is 6.32. The maximum Gasteiger partial charge on any atom is 0.273 e. The molecule has 10 heteroatoms. The minimum Gasteiger partial charge on any atom is -0.497 e. The van der Waals surface area contributed by atoms with Crippen LogP contribution in [0.5, 0.6) is 5.75 Å². The molecule has 34 heavy (non-hydrogen) atoms. The number of carbonyl (C=O) groups is 4. The Morgan fingerprint density at radius 1 is 0.971 bits per heavy atom. The lowest BCUT2D eigenvalue weighted by Crippen LogP contribution is -2.52. The fourth-order valence-corrected chi connectivity index (χ4v) is 4.50. The molecule has 2 aromatic rings. The lowest BCUT2D eigenvalue weighted by atomic mass is 9.81. The topological polar surface area (TPSA) is 127 Å². The van der Waals surface area contributed by atoms with Crippen LogP contribution >= 0.6 is 0 Å². The monoisotopic (exact) mass is 465 g/mol. The molecule has 2 fully saturated rings. The van der Waals surface area contributed by atoms with E-state index in [0.29, 0.717) is 18.6 Å². The number of non-ortho nitro benzene ring substituents is 1. The third-order valence-electron chi connectivity index (χ3n) is 6.32. The van der Waals surface area contributed by atoms with E-state index in [1.807, 2.05) is 0 Å². The van der Waals surface area contributed by atoms with Crippen LogP contribution in [0, 0.1) is 22.0 Å². The summed E-state index contributed by atoms with van der Waals surface area (Å²) in [5, 5.41) is 12.6. The first-order valence-corrected chi connectivity index (χ1v) is 10.9. The van der Waals surface area contributed by atoms with E-state index in [0.717, 1.165) is 35.0 Å². The number of ether oxygens (including phenoxy) is 1. The number of hydrogen-bond acceptors (Lipinski definition) is 7. The number of methoxy groups -OCH3 is 1. The molecule has 1 heterocycles. The van der Waals surface area contributed by atoms with Crippen LogP contribution in [0.15, 0.2) is 48.5 Å². The van der Waals surface area contributed by atoms with E-state index in [1.165, 1.54) is 31.4 Å². The molecule has 0 radical (unpaired) electrons. The molecule has 2 aromatic carbocycles. The van der Waals surface area contributed by atoms with Gasteiger partial charge >= 0.3 is 0 Å². The molecule has 0 aromatic heterocycles. The molecule has 3 amide bonds. The molecule has 2 aliphatic rings. The van der Waals surface area contributed by atoms with E-state index < -0.39 is 46.8 Å². The second kappa shape index (κ2) is 9.42. The van der Waals surface area contributed by atoms with Gasteiger partial charge in [0.25, 0.3) is 23.4 Å². The van der Waals surface area contributed by atoms with E-state index in [-0.39, 0.29) is 16.8 Å². The smallest absolute Gasteiger partial charge is 0.273 e. The van der Waals surface area contributed by atoms with Crippen LogP contribution in [0.2, 0.25) is 0 Å². The number of nitro groups is 1. The van der Waals surface area contributed by atoms with Gasteiger partial charge in [-0.25, -0.2) is 5.01 Å². The van der Waals surface area contributed by atoms with Crippen molar-refractivity contribution in [1.29, 1.82) is 0 Å². The Morgan fingerprint density at radius 2 is 1.50 bits per heavy atom. The number of Topliss-reactive ketones (excluding diaryl/α,β-unsaturated/α-hetero) is 1. The Bertz CT molecular complexity index is 1120. The number of nitro benzene ring substituents is 1. The summed E-state index contributed by atoms with van der Waals surface area (Å²) in [4.78, 5) is 63.2. The highest BCUT2D eigenvalue weighted by Gasteiger charge is 2.51. The van der Waals surface area contributed by atoms with Crippen molar-refractivity contribution in [3.05, 3.63) is 69.8 Å². The number of nitrogens with zero attached hydrogens (tertiary/aromatic N) is 3. The molecule has 176 valence electrons. The van der Waals surface area contributed by atoms with Gasteiger partial charge in [-0.15, -0.1) is 0 Å². The molecule has 10 nitrogen and oxygen atoms in total. The molecule has 2 atom stereocenters. The largest absolute Gasteiger partial charge is 0.497 e. The highest BCUT2D eigenvalue weighted by molar-refractivity contribution is 6.09. The summed E-state index contributed by atoms with van der Waals surface area (Å²) >= 11 is 0. The van der Waals surface area contributed by atoms with Crippen LogP contribution in [-0.4, -0.2) is 52.1 Å². The number of hydrazine groups is 1. The van der Waals surface area contributed by atoms with Crippen molar-refractivity contribution < 1.29 is 28.8 Å². The molecule has 1 aliphatic heterocycles. The summed E-state index contributed by atoms with van der Waals surface area (Å²) in [6.07, 6.45) is 2.74. The lowest BCUT2D eigenvalue weighted by molar-refractivity contribution is -0.384. The average Bonchev–Trinajstić information content (AvgIpc) is 3.12. The summed E-state index contributed by atoms with van der Waals surface area (Å²) in [7, 11) is 1.49. The van der Waals surface area contributed by atoms with Gasteiger partial charge < -0.3 is 4.74 Å². The van der Waals surface area contributed by atoms with Crippen LogP contribution in [-0.2, 0) is 9.59 Å². The Labute approximate surface area is 195 Å². The number of hydrogen-bond donors (Lipinski definition) is 0. The predicted octanol–water partition coefficient (Wildman–Crippen LogP) is 3.02. The summed E-state index contributed by atoms with van der Waals surface area (Å²) < 4.78 is 5.09. The van der Waals surface area contributed by atoms with E-state index >= 15 is 0 Å². The number of benzene rings is 2. The van der Waals surface area contributed by atoms with Crippen LogP contribution < -0.4 is 4.74 Å². The minimum absolute atomic E-state index is 0.0172. The van der Waals surface area contributed by atoms with Gasteiger partial charge in [-0.2, -0.15) is 5.01 Å². The zero-order chi connectivity index (χ0) is 24.4. The molecule has 4 rings (SSSR count). The fraction of sp³-hybridized carbons (Fsp3) is 0.333. The molecule has 0 N–H and O–H groups in total. The van der Waals surface area contributed by atoms with E-state index in [2.05, 4.69) is 0 Å². The quantitative estimate of drug-likeness (QED) is 0.266. The fourth-order valence-electron chi connectivity index (χ4n) is 4.50. The van der Waals surface area contributed by atoms with E-state index in [1.54, 1.807) is 12.1 Å². The molecule has 0 bridgehead atoms. The Balaban J connectivity index is 1.67. The maximum atomic E-state index is 13.4. The first-order valence-electron chi connectivity index (χ1n) is 10.9. The second-order valence-corrected chi connectivity index (χ2v) is 8.30. The van der Waals surface area contributed by atoms with Crippen molar-refractivity contribution in [3.8, 4) is 5.75 Å². The summed E-state index contributed by atoms with van der Waals surface area (Å²) in [5.74, 6) is -2.70. The molecule has 0 unspecified atom stereocenters. The predicted molar refractivity (Wildman–Crippen MR) is 119 cm³/mol. The van der Waals surface area contributed by atoms with Crippen LogP contribution in [0.25, 0.3) is 0 Å². The third kappa shape index (κ3) is 4.26. The normalized spacial score (nSPS) is 19.5. The van der Waals surface area contributed by atoms with Gasteiger partial charge in [0, 0.05) is 23.3 Å². The van der Waals surface area contributed by atoms with Crippen molar-refractivity contribution in [2.75, 3.05) is 13.7 Å². The highest BCUT2D eigenvalue weighted by atomic mass is 16.6. The van der Waals surface area contributed by atoms with E-state index in [4.69, 9.17) is 4.74 Å². The van der Waals surface area contributed by atoms with Crippen molar-refractivity contribution in [3.63, 3.8) is 0 Å². The van der Waals surface area contributed by atoms with Gasteiger partial charge in [0.15, 0.2) is 5.78 Å². The number of fused-ring (bicyclic) bond motifs is 1. The number of ketones is 1. The van der Waals surface area contributed by atoms with Gasteiger partial charge in [-0.1, -0.05) is 12.8 Å². The van der Waals surface area contributed by atoms with Gasteiger partial charge in [-0.05, 0) is 49.2 Å². The zero-order valence-corrected chi connectivity index (χ0v) is 18.5. The molecule has 1 saturated carbocycles. The second-order valence-electron chi connectivity index (χ2n) is 8.30. The molecular weight excluding hydrogens is 442 g/mol. The first kappa shape index (κ1) is 23.1. The zero-order valence-electron chi connectivity index (χ0n) is 18.5. The van der Waals surface area contributed by atoms with Gasteiger partial charge in [0.1, 0.15) is 12.3 Å². The Hall–Kier alpha value is -4.08. The SMILES string of the molecule is COc1ccc(C(=O)CN(C(=O)c2ccc([N+](=O)[O-])cc2)N2C(=O)[C@H]3CCCC[C@@H]3C2=O)cc1. The highest BCUT2D eigenvalue weighted by Crippen LogP contribution is 2.39. The first-order chi connectivity index (χ1) is 16.3. The van der Waals surface area contributed by atoms with Crippen molar-refractivity contribution >= 4 is 29.2 Å². The van der Waals surface area contributed by atoms with Crippen LogP contribution in [0.4, 0.5) is 5.69 Å². The molecule has 1 aliphatic carbocycles. The number of amides is 3. The van der Waals surface area contributed by atoms with Crippen molar-refractivity contribution in [1.82, 2.24) is 10.0 Å². The number of carbonyl (C=O) groups excluding carboxylic acids is 4. The number of rotatable bonds is 7. The lowest BCUT2D eigenvalue weighted by Gasteiger charge is -2.30. The average molecular weight is 465 g/mol. The van der Waals surface area contributed by atoms with Crippen molar-refractivity contribution in [2.24, 2.45) is 11.8 Å². The summed E-state index contributed by atoms with van der Waals surface area (Å²) in [5.41, 5.74) is 0.0826. The number of imide groups is 1. The van der Waals surface area contributed by atoms with E-state index in [9.17, 15) is 29.3 Å². The standard InChI is InChI=1S/C24H23N3O7/c1-34-18-12-8-15(9-13-18)21(28)14-25(22(29)16-6-10-17(11-7-16)27(32)33)26-23(30)19-4-2-3-5-20(19)24(26)31/h6-13,19-20H,2-5,14H2,1H3/t19-,20-/m0/s1. The molecular formula is C24H23N3O7. The van der Waals surface area contributed by atoms with Crippen LogP contribution in [0.1, 0.15) is 46.4 Å². The van der Waals surface area contributed by atoms with Gasteiger partial charge in [0.05, 0.1) is 23.9 Å². The minimum atomic E-state index is -0.767. The summed E-state index contributed by atoms with van der Waals surface area (Å²) in [6.45, 7) is -0.543. The summed E-state index contributed by atoms with van der Waals surface area (Å²) in [6, 6.07) is 11.0. The van der Waals surface area contributed by atoms with Crippen molar-refractivity contribution in [2.45, 2.75) is 25.7 Å². The van der Waals surface area contributed by atoms with Gasteiger partial charge in [0.2, 0.25) is 0 Å². The molecule has 0 spiro atoms. The Kier molecular flexibility index (Phi) is 6.40. The Morgan fingerprint density at radius 3 is 2.00 bits per heavy atom. The maximum absolute atomic E-state index is 13.4.